The van der Waals surface area contributed by atoms with Crippen LogP contribution in [0.1, 0.15) is 49.3 Å². The Morgan fingerprint density at radius 2 is 1.79 bits per heavy atom. The van der Waals surface area contributed by atoms with Crippen LogP contribution < -0.4 is 10.1 Å². The quantitative estimate of drug-likeness (QED) is 0.767. The molecule has 1 fully saturated rings. The van der Waals surface area contributed by atoms with Gasteiger partial charge in [0.25, 0.3) is 0 Å². The average Bonchev–Trinajstić information content (AvgIpc) is 2.77. The largest absolute Gasteiger partial charge is 0.497 e. The molecule has 150 valence electrons. The fraction of sp³-hybridized carbons (Fsp3) is 0.455. The molecule has 28 heavy (non-hydrogen) atoms. The van der Waals surface area contributed by atoms with Crippen LogP contribution in [0.25, 0.3) is 0 Å². The SMILES string of the molecule is COc1ccc([C@@H](NC(=O)N(CCO)C2CCCCC2)c2ccncc2)cc1. The zero-order chi connectivity index (χ0) is 19.8. The summed E-state index contributed by atoms with van der Waals surface area (Å²) < 4.78 is 5.25. The maximum atomic E-state index is 13.2. The van der Waals surface area contributed by atoms with Gasteiger partial charge >= 0.3 is 6.03 Å². The molecule has 1 aliphatic rings. The van der Waals surface area contributed by atoms with Gasteiger partial charge in [-0.1, -0.05) is 31.4 Å². The number of hydrogen-bond acceptors (Lipinski definition) is 4. The van der Waals surface area contributed by atoms with Gasteiger partial charge in [-0.2, -0.15) is 0 Å². The molecule has 1 saturated carbocycles. The summed E-state index contributed by atoms with van der Waals surface area (Å²) in [5.74, 6) is 0.771. The van der Waals surface area contributed by atoms with E-state index in [1.165, 1.54) is 6.42 Å². The lowest BCUT2D eigenvalue weighted by Crippen LogP contribution is -2.49. The van der Waals surface area contributed by atoms with E-state index in [4.69, 9.17) is 4.74 Å². The fourth-order valence-electron chi connectivity index (χ4n) is 3.87. The molecule has 1 aromatic carbocycles. The number of methoxy groups -OCH3 is 1. The van der Waals surface area contributed by atoms with E-state index in [2.05, 4.69) is 10.3 Å². The molecule has 0 unspecified atom stereocenters. The van der Waals surface area contributed by atoms with Crippen LogP contribution in [-0.4, -0.2) is 47.3 Å². The number of benzene rings is 1. The number of urea groups is 1. The molecule has 2 N–H and O–H groups in total. The molecule has 0 spiro atoms. The van der Waals surface area contributed by atoms with Crippen molar-refractivity contribution in [3.8, 4) is 5.75 Å². The smallest absolute Gasteiger partial charge is 0.318 e. The lowest BCUT2D eigenvalue weighted by Gasteiger charge is -2.35. The highest BCUT2D eigenvalue weighted by Crippen LogP contribution is 2.26. The number of nitrogens with zero attached hydrogens (tertiary/aromatic N) is 2. The zero-order valence-electron chi connectivity index (χ0n) is 16.4. The van der Waals surface area contributed by atoms with Gasteiger partial charge in [0, 0.05) is 25.0 Å². The van der Waals surface area contributed by atoms with E-state index < -0.39 is 0 Å². The highest BCUT2D eigenvalue weighted by Gasteiger charge is 2.27. The number of aliphatic hydroxyl groups excluding tert-OH is 1. The number of amides is 2. The fourth-order valence-corrected chi connectivity index (χ4v) is 3.87. The van der Waals surface area contributed by atoms with Crippen molar-refractivity contribution in [2.75, 3.05) is 20.3 Å². The van der Waals surface area contributed by atoms with E-state index in [0.717, 1.165) is 42.6 Å². The lowest BCUT2D eigenvalue weighted by molar-refractivity contribution is 0.133. The minimum absolute atomic E-state index is 0.0353. The van der Waals surface area contributed by atoms with Crippen LogP contribution in [0, 0.1) is 0 Å². The Morgan fingerprint density at radius 3 is 2.39 bits per heavy atom. The van der Waals surface area contributed by atoms with E-state index in [0.29, 0.717) is 6.54 Å². The molecule has 1 atom stereocenters. The molecule has 0 saturated heterocycles. The van der Waals surface area contributed by atoms with Crippen molar-refractivity contribution in [3.63, 3.8) is 0 Å². The second kappa shape index (κ2) is 10.1. The minimum atomic E-state index is -0.300. The van der Waals surface area contributed by atoms with Crippen molar-refractivity contribution >= 4 is 6.03 Å². The van der Waals surface area contributed by atoms with Gasteiger partial charge in [0.1, 0.15) is 5.75 Å². The standard InChI is InChI=1S/C22H29N3O3/c1-28-20-9-7-17(8-10-20)21(18-11-13-23-14-12-18)24-22(27)25(15-16-26)19-5-3-2-4-6-19/h7-14,19,21,26H,2-6,15-16H2,1H3,(H,24,27)/t21-/m1/s1. The Balaban J connectivity index is 1.83. The van der Waals surface area contributed by atoms with Crippen LogP contribution in [0.4, 0.5) is 4.79 Å². The Morgan fingerprint density at radius 1 is 1.14 bits per heavy atom. The summed E-state index contributed by atoms with van der Waals surface area (Å²) in [6.07, 6.45) is 8.93. The normalized spacial score (nSPS) is 15.6. The maximum Gasteiger partial charge on any atom is 0.318 e. The number of aromatic nitrogens is 1. The molecule has 6 heteroatoms. The highest BCUT2D eigenvalue weighted by molar-refractivity contribution is 5.75. The molecule has 1 heterocycles. The molecule has 3 rings (SSSR count). The van der Waals surface area contributed by atoms with Crippen molar-refractivity contribution in [2.24, 2.45) is 0 Å². The number of pyridine rings is 1. The molecule has 6 nitrogen and oxygen atoms in total. The predicted molar refractivity (Wildman–Crippen MR) is 108 cm³/mol. The van der Waals surface area contributed by atoms with Crippen molar-refractivity contribution in [1.82, 2.24) is 15.2 Å². The molecule has 2 amide bonds. The number of carbonyl (C=O) groups excluding carboxylic acids is 1. The number of aliphatic hydroxyl groups is 1. The molecular formula is C22H29N3O3. The van der Waals surface area contributed by atoms with E-state index in [1.54, 1.807) is 24.4 Å². The third-order valence-electron chi connectivity index (χ3n) is 5.37. The topological polar surface area (TPSA) is 74.7 Å². The summed E-state index contributed by atoms with van der Waals surface area (Å²) >= 11 is 0. The number of rotatable bonds is 7. The van der Waals surface area contributed by atoms with Crippen LogP contribution in [0.15, 0.2) is 48.8 Å². The minimum Gasteiger partial charge on any atom is -0.497 e. The molecule has 1 aromatic heterocycles. The molecule has 2 aromatic rings. The first kappa shape index (κ1) is 20.1. The van der Waals surface area contributed by atoms with Crippen molar-refractivity contribution < 1.29 is 14.6 Å². The molecule has 0 radical (unpaired) electrons. The van der Waals surface area contributed by atoms with E-state index in [-0.39, 0.29) is 24.7 Å². The van der Waals surface area contributed by atoms with Gasteiger partial charge < -0.3 is 20.1 Å². The van der Waals surface area contributed by atoms with Crippen LogP contribution in [0.3, 0.4) is 0 Å². The number of hydrogen-bond donors (Lipinski definition) is 2. The summed E-state index contributed by atoms with van der Waals surface area (Å²) in [6, 6.07) is 11.3. The van der Waals surface area contributed by atoms with Gasteiger partial charge in [-0.3, -0.25) is 4.98 Å². The first-order valence-electron chi connectivity index (χ1n) is 9.95. The van der Waals surface area contributed by atoms with Crippen molar-refractivity contribution in [1.29, 1.82) is 0 Å². The van der Waals surface area contributed by atoms with Gasteiger partial charge in [-0.05, 0) is 48.2 Å². The Bertz CT molecular complexity index is 730. The first-order chi connectivity index (χ1) is 13.7. The molecular weight excluding hydrogens is 354 g/mol. The van der Waals surface area contributed by atoms with Crippen LogP contribution in [0.2, 0.25) is 0 Å². The Hall–Kier alpha value is -2.60. The van der Waals surface area contributed by atoms with Crippen molar-refractivity contribution in [3.05, 3.63) is 59.9 Å². The van der Waals surface area contributed by atoms with Crippen molar-refractivity contribution in [2.45, 2.75) is 44.2 Å². The first-order valence-corrected chi connectivity index (χ1v) is 9.95. The molecule has 1 aliphatic carbocycles. The summed E-state index contributed by atoms with van der Waals surface area (Å²) in [6.45, 7) is 0.314. The number of nitrogens with one attached hydrogen (secondary N) is 1. The zero-order valence-corrected chi connectivity index (χ0v) is 16.4. The number of ether oxygens (including phenoxy) is 1. The Labute approximate surface area is 166 Å². The summed E-state index contributed by atoms with van der Waals surface area (Å²) in [4.78, 5) is 19.1. The highest BCUT2D eigenvalue weighted by atomic mass is 16.5. The maximum absolute atomic E-state index is 13.2. The van der Waals surface area contributed by atoms with E-state index in [9.17, 15) is 9.90 Å². The van der Waals surface area contributed by atoms with Gasteiger partial charge in [0.2, 0.25) is 0 Å². The summed E-state index contributed by atoms with van der Waals surface area (Å²) in [7, 11) is 1.63. The second-order valence-electron chi connectivity index (χ2n) is 7.15. The van der Waals surface area contributed by atoms with Crippen LogP contribution >= 0.6 is 0 Å². The molecule has 0 aliphatic heterocycles. The monoisotopic (exact) mass is 383 g/mol. The van der Waals surface area contributed by atoms with Gasteiger partial charge in [-0.25, -0.2) is 4.79 Å². The van der Waals surface area contributed by atoms with Gasteiger partial charge in [0.15, 0.2) is 0 Å². The average molecular weight is 383 g/mol. The summed E-state index contributed by atoms with van der Waals surface area (Å²) in [5.41, 5.74) is 1.93. The van der Waals surface area contributed by atoms with Gasteiger partial charge in [-0.15, -0.1) is 0 Å². The third kappa shape index (κ3) is 5.01. The Kier molecular flexibility index (Phi) is 7.25. The summed E-state index contributed by atoms with van der Waals surface area (Å²) in [5, 5.41) is 12.7. The second-order valence-corrected chi connectivity index (χ2v) is 7.15. The van der Waals surface area contributed by atoms with Crippen LogP contribution in [0.5, 0.6) is 5.75 Å². The lowest BCUT2D eigenvalue weighted by atomic mass is 9.94. The van der Waals surface area contributed by atoms with E-state index >= 15 is 0 Å². The predicted octanol–water partition coefficient (Wildman–Crippen LogP) is 3.52. The number of carbonyl (C=O) groups is 1. The van der Waals surface area contributed by atoms with Crippen LogP contribution in [-0.2, 0) is 0 Å². The van der Waals surface area contributed by atoms with E-state index in [1.807, 2.05) is 36.4 Å². The third-order valence-corrected chi connectivity index (χ3v) is 5.37. The van der Waals surface area contributed by atoms with Gasteiger partial charge in [0.05, 0.1) is 19.8 Å². The molecule has 0 bridgehead atoms.